The summed E-state index contributed by atoms with van der Waals surface area (Å²) in [5.41, 5.74) is 4.21. The van der Waals surface area contributed by atoms with E-state index in [-0.39, 0.29) is 23.5 Å². The first-order chi connectivity index (χ1) is 10.9. The van der Waals surface area contributed by atoms with Crippen molar-refractivity contribution in [2.45, 2.75) is 57.5 Å². The summed E-state index contributed by atoms with van der Waals surface area (Å²) in [5, 5.41) is 20.7. The molecule has 2 aliphatic carbocycles. The normalized spacial score (nSPS) is 33.0. The molecule has 0 heterocycles. The predicted molar refractivity (Wildman–Crippen MR) is 91.9 cm³/mol. The number of phenols is 1. The molecule has 0 aromatic heterocycles. The molecule has 1 aromatic rings. The summed E-state index contributed by atoms with van der Waals surface area (Å²) in [7, 11) is 1.71. The fraction of sp³-hybridized carbons (Fsp3) is 0.600. The summed E-state index contributed by atoms with van der Waals surface area (Å²) in [6.07, 6.45) is 6.75. The third kappa shape index (κ3) is 2.33. The molecular weight excluding hydrogens is 288 g/mol. The van der Waals surface area contributed by atoms with Gasteiger partial charge >= 0.3 is 0 Å². The SMILES string of the molecule is C=C[C@@]1(C)CCc2c3c(cc(O)c2[C@H]1OC)[C@](C)(CO)CCC3. The van der Waals surface area contributed by atoms with Crippen molar-refractivity contribution in [2.24, 2.45) is 5.41 Å². The standard InChI is InChI=1S/C20H28O3/c1-5-19(2)10-8-14-13-7-6-9-20(3,12-21)15(13)11-16(22)17(14)18(19)23-4/h5,11,18,21-22H,1,6-10,12H2,2-4H3/t18-,19+,20+/m1/s1. The lowest BCUT2D eigenvalue weighted by Gasteiger charge is -2.43. The van der Waals surface area contributed by atoms with Crippen LogP contribution in [0, 0.1) is 5.41 Å². The van der Waals surface area contributed by atoms with Crippen molar-refractivity contribution in [2.75, 3.05) is 13.7 Å². The Morgan fingerprint density at radius 2 is 2.04 bits per heavy atom. The van der Waals surface area contributed by atoms with Gasteiger partial charge in [0.1, 0.15) is 5.75 Å². The van der Waals surface area contributed by atoms with Crippen LogP contribution in [-0.4, -0.2) is 23.9 Å². The molecule has 1 aromatic carbocycles. The first-order valence-electron chi connectivity index (χ1n) is 8.55. The molecule has 3 rings (SSSR count). The topological polar surface area (TPSA) is 49.7 Å². The molecule has 23 heavy (non-hydrogen) atoms. The summed E-state index contributed by atoms with van der Waals surface area (Å²) in [4.78, 5) is 0. The molecule has 3 heteroatoms. The first-order valence-corrected chi connectivity index (χ1v) is 8.55. The van der Waals surface area contributed by atoms with Gasteiger partial charge in [-0.2, -0.15) is 0 Å². The number of hydrogen-bond donors (Lipinski definition) is 2. The van der Waals surface area contributed by atoms with E-state index in [4.69, 9.17) is 4.74 Å². The summed E-state index contributed by atoms with van der Waals surface area (Å²) >= 11 is 0. The Morgan fingerprint density at radius 1 is 1.30 bits per heavy atom. The number of hydrogen-bond acceptors (Lipinski definition) is 3. The largest absolute Gasteiger partial charge is 0.508 e. The highest BCUT2D eigenvalue weighted by atomic mass is 16.5. The highest BCUT2D eigenvalue weighted by molar-refractivity contribution is 5.55. The van der Waals surface area contributed by atoms with E-state index in [0.29, 0.717) is 5.75 Å². The molecule has 0 aliphatic heterocycles. The van der Waals surface area contributed by atoms with Crippen LogP contribution >= 0.6 is 0 Å². The maximum Gasteiger partial charge on any atom is 0.122 e. The van der Waals surface area contributed by atoms with Crippen LogP contribution in [0.2, 0.25) is 0 Å². The van der Waals surface area contributed by atoms with Gasteiger partial charge in [0.15, 0.2) is 0 Å². The zero-order valence-corrected chi connectivity index (χ0v) is 14.5. The van der Waals surface area contributed by atoms with Crippen molar-refractivity contribution in [3.63, 3.8) is 0 Å². The molecule has 0 saturated heterocycles. The van der Waals surface area contributed by atoms with Gasteiger partial charge in [-0.1, -0.05) is 19.9 Å². The first kappa shape index (κ1) is 16.5. The number of aliphatic hydroxyl groups excluding tert-OH is 1. The minimum atomic E-state index is -0.248. The Morgan fingerprint density at radius 3 is 2.65 bits per heavy atom. The number of fused-ring (bicyclic) bond motifs is 3. The van der Waals surface area contributed by atoms with Crippen LogP contribution in [0.15, 0.2) is 18.7 Å². The van der Waals surface area contributed by atoms with E-state index in [2.05, 4.69) is 20.4 Å². The average molecular weight is 316 g/mol. The van der Waals surface area contributed by atoms with Gasteiger partial charge in [0, 0.05) is 23.5 Å². The maximum atomic E-state index is 10.8. The van der Waals surface area contributed by atoms with Crippen molar-refractivity contribution >= 4 is 0 Å². The third-order valence-electron chi connectivity index (χ3n) is 6.20. The lowest BCUT2D eigenvalue weighted by Crippen LogP contribution is -2.35. The van der Waals surface area contributed by atoms with Gasteiger partial charge in [-0.15, -0.1) is 6.58 Å². The maximum absolute atomic E-state index is 10.8. The predicted octanol–water partition coefficient (Wildman–Crippen LogP) is 3.80. The summed E-state index contributed by atoms with van der Waals surface area (Å²) < 4.78 is 5.79. The average Bonchev–Trinajstić information content (AvgIpc) is 2.56. The van der Waals surface area contributed by atoms with Crippen LogP contribution < -0.4 is 0 Å². The molecule has 2 N–H and O–H groups in total. The van der Waals surface area contributed by atoms with Crippen LogP contribution in [0.4, 0.5) is 0 Å². The van der Waals surface area contributed by atoms with E-state index in [1.165, 1.54) is 11.1 Å². The fourth-order valence-corrected chi connectivity index (χ4v) is 4.59. The molecule has 3 atom stereocenters. The van der Waals surface area contributed by atoms with E-state index >= 15 is 0 Å². The molecule has 0 bridgehead atoms. The number of phenolic OH excluding ortho intramolecular Hbond substituents is 1. The molecule has 2 aliphatic rings. The Hall–Kier alpha value is -1.32. The second kappa shape index (κ2) is 5.64. The third-order valence-corrected chi connectivity index (χ3v) is 6.20. The van der Waals surface area contributed by atoms with E-state index in [9.17, 15) is 10.2 Å². The zero-order valence-electron chi connectivity index (χ0n) is 14.5. The number of rotatable bonds is 3. The lowest BCUT2D eigenvalue weighted by atomic mass is 9.64. The zero-order chi connectivity index (χ0) is 16.8. The van der Waals surface area contributed by atoms with Crippen LogP contribution in [0.5, 0.6) is 5.75 Å². The smallest absolute Gasteiger partial charge is 0.122 e. The van der Waals surface area contributed by atoms with Crippen molar-refractivity contribution in [3.05, 3.63) is 41.0 Å². The van der Waals surface area contributed by atoms with Crippen LogP contribution in [0.3, 0.4) is 0 Å². The number of ether oxygens (including phenoxy) is 1. The lowest BCUT2D eigenvalue weighted by molar-refractivity contribution is 0.00746. The molecule has 126 valence electrons. The summed E-state index contributed by atoms with van der Waals surface area (Å²) in [6, 6.07) is 1.88. The van der Waals surface area contributed by atoms with E-state index in [1.54, 1.807) is 7.11 Å². The second-order valence-electron chi connectivity index (χ2n) is 7.71. The monoisotopic (exact) mass is 316 g/mol. The molecule has 0 spiro atoms. The molecule has 0 saturated carbocycles. The Kier molecular flexibility index (Phi) is 4.06. The van der Waals surface area contributed by atoms with E-state index in [0.717, 1.165) is 43.2 Å². The molecule has 3 nitrogen and oxygen atoms in total. The molecule has 0 radical (unpaired) electrons. The number of aromatic hydroxyl groups is 1. The van der Waals surface area contributed by atoms with Gasteiger partial charge in [0.05, 0.1) is 12.7 Å². The van der Waals surface area contributed by atoms with Gasteiger partial charge in [0.2, 0.25) is 0 Å². The fourth-order valence-electron chi connectivity index (χ4n) is 4.59. The van der Waals surface area contributed by atoms with Crippen molar-refractivity contribution < 1.29 is 14.9 Å². The van der Waals surface area contributed by atoms with E-state index < -0.39 is 0 Å². The minimum absolute atomic E-state index is 0.121. The quantitative estimate of drug-likeness (QED) is 0.834. The molecule has 0 unspecified atom stereocenters. The Labute approximate surface area is 139 Å². The highest BCUT2D eigenvalue weighted by Crippen LogP contribution is 2.53. The summed E-state index contributed by atoms with van der Waals surface area (Å²) in [6.45, 7) is 8.35. The van der Waals surface area contributed by atoms with Crippen LogP contribution in [0.1, 0.15) is 61.5 Å². The second-order valence-corrected chi connectivity index (χ2v) is 7.71. The number of methoxy groups -OCH3 is 1. The van der Waals surface area contributed by atoms with Gasteiger partial charge < -0.3 is 14.9 Å². The van der Waals surface area contributed by atoms with Gasteiger partial charge in [-0.25, -0.2) is 0 Å². The van der Waals surface area contributed by atoms with Gasteiger partial charge in [0.25, 0.3) is 0 Å². The molecule has 0 fully saturated rings. The number of aliphatic hydroxyl groups is 1. The van der Waals surface area contributed by atoms with Crippen molar-refractivity contribution in [1.82, 2.24) is 0 Å². The van der Waals surface area contributed by atoms with Gasteiger partial charge in [-0.3, -0.25) is 0 Å². The highest BCUT2D eigenvalue weighted by Gasteiger charge is 2.43. The minimum Gasteiger partial charge on any atom is -0.508 e. The van der Waals surface area contributed by atoms with Crippen molar-refractivity contribution in [1.29, 1.82) is 0 Å². The van der Waals surface area contributed by atoms with Crippen LogP contribution in [-0.2, 0) is 23.0 Å². The van der Waals surface area contributed by atoms with Crippen molar-refractivity contribution in [3.8, 4) is 5.75 Å². The van der Waals surface area contributed by atoms with Gasteiger partial charge in [-0.05, 0) is 54.9 Å². The molecular formula is C20H28O3. The number of benzene rings is 1. The van der Waals surface area contributed by atoms with E-state index in [1.807, 2.05) is 12.1 Å². The molecule has 0 amide bonds. The Bertz CT molecular complexity index is 636. The van der Waals surface area contributed by atoms with Crippen LogP contribution in [0.25, 0.3) is 0 Å². The summed E-state index contributed by atoms with van der Waals surface area (Å²) in [5.74, 6) is 0.306. The Balaban J connectivity index is 2.23.